The second kappa shape index (κ2) is 10.3. The topological polar surface area (TPSA) is 135 Å². The van der Waals surface area contributed by atoms with E-state index in [9.17, 15) is 18.0 Å². The highest BCUT2D eigenvalue weighted by molar-refractivity contribution is 9.10. The van der Waals surface area contributed by atoms with E-state index in [0.717, 1.165) is 10.0 Å². The third-order valence-corrected chi connectivity index (χ3v) is 3.58. The second-order valence-corrected chi connectivity index (χ2v) is 6.16. The fourth-order valence-corrected chi connectivity index (χ4v) is 2.01. The first-order valence-electron chi connectivity index (χ1n) is 7.55. The van der Waals surface area contributed by atoms with Gasteiger partial charge in [-0.05, 0) is 35.9 Å². The van der Waals surface area contributed by atoms with Crippen molar-refractivity contribution in [2.45, 2.75) is 12.7 Å². The van der Waals surface area contributed by atoms with E-state index >= 15 is 0 Å². The first-order valence-corrected chi connectivity index (χ1v) is 8.34. The van der Waals surface area contributed by atoms with E-state index in [1.54, 1.807) is 24.3 Å². The molecule has 0 aliphatic rings. The van der Waals surface area contributed by atoms with E-state index in [1.807, 2.05) is 24.3 Å². The Morgan fingerprint density at radius 2 is 1.68 bits per heavy atom. The molecule has 11 heteroatoms. The molecule has 2 rings (SSSR count). The van der Waals surface area contributed by atoms with Crippen molar-refractivity contribution in [3.05, 3.63) is 64.1 Å². The number of amides is 1. The van der Waals surface area contributed by atoms with Crippen LogP contribution in [0.5, 0.6) is 0 Å². The number of benzene rings is 2. The number of rotatable bonds is 4. The van der Waals surface area contributed by atoms with Gasteiger partial charge in [0.2, 0.25) is 5.91 Å². The fraction of sp³-hybridized carbons (Fsp3) is 0.118. The summed E-state index contributed by atoms with van der Waals surface area (Å²) in [7, 11) is 0. The molecule has 0 aromatic heterocycles. The van der Waals surface area contributed by atoms with Crippen molar-refractivity contribution in [3.63, 3.8) is 0 Å². The van der Waals surface area contributed by atoms with Gasteiger partial charge in [0.25, 0.3) is 0 Å². The fourth-order valence-electron chi connectivity index (χ4n) is 1.75. The predicted molar refractivity (Wildman–Crippen MR) is 97.6 cm³/mol. The van der Waals surface area contributed by atoms with Gasteiger partial charge >= 0.3 is 12.1 Å². The van der Waals surface area contributed by atoms with E-state index in [0.29, 0.717) is 23.8 Å². The molecule has 0 aliphatic carbocycles. The van der Waals surface area contributed by atoms with E-state index in [1.165, 1.54) is 0 Å². The van der Waals surface area contributed by atoms with Gasteiger partial charge in [-0.3, -0.25) is 15.5 Å². The van der Waals surface area contributed by atoms with Crippen molar-refractivity contribution in [1.82, 2.24) is 0 Å². The molecule has 0 bridgehead atoms. The lowest BCUT2D eigenvalue weighted by atomic mass is 10.2. The number of carbonyl (C=O) groups excluding carboxylic acids is 2. The van der Waals surface area contributed by atoms with Crippen LogP contribution < -0.4 is 26.9 Å². The standard InChI is InChI=1S/C15H15BrN4O.C2HF3O2/c16-12-6-4-10(5-7-12)9-19-15(18)20-13-3-1-2-11(8-13)14(17)21;3-2(4,5)1(6)7/h1-8H,9H2,(H2,17,21)(H3,18,19,20);(H,6,7). The van der Waals surface area contributed by atoms with Gasteiger partial charge in [-0.15, -0.1) is 0 Å². The number of hydrogen-bond acceptors (Lipinski definition) is 3. The van der Waals surface area contributed by atoms with Gasteiger partial charge in [-0.25, -0.2) is 5.32 Å². The number of anilines is 1. The van der Waals surface area contributed by atoms with Gasteiger partial charge in [-0.2, -0.15) is 13.2 Å². The summed E-state index contributed by atoms with van der Waals surface area (Å²) in [5.74, 6) is -3.08. The van der Waals surface area contributed by atoms with Crippen LogP contribution in [0, 0.1) is 0 Å². The molecule has 0 saturated heterocycles. The van der Waals surface area contributed by atoms with Crippen molar-refractivity contribution >= 4 is 39.5 Å². The van der Waals surface area contributed by atoms with Crippen LogP contribution in [0.1, 0.15) is 15.9 Å². The van der Waals surface area contributed by atoms with Crippen LogP contribution >= 0.6 is 15.9 Å². The lowest BCUT2D eigenvalue weighted by molar-refractivity contribution is -0.476. The van der Waals surface area contributed by atoms with Gasteiger partial charge in [0.1, 0.15) is 5.97 Å². The Bertz CT molecular complexity index is 855. The summed E-state index contributed by atoms with van der Waals surface area (Å²) >= 11 is 3.39. The van der Waals surface area contributed by atoms with Crippen molar-refractivity contribution in [3.8, 4) is 0 Å². The second-order valence-electron chi connectivity index (χ2n) is 5.25. The van der Waals surface area contributed by atoms with Gasteiger partial charge < -0.3 is 15.6 Å². The molecule has 1 amide bonds. The first-order chi connectivity index (χ1) is 13.0. The zero-order valence-electron chi connectivity index (χ0n) is 14.2. The molecular weight excluding hydrogens is 445 g/mol. The minimum absolute atomic E-state index is 0.402. The maximum Gasteiger partial charge on any atom is 0.430 e. The Kier molecular flexibility index (Phi) is 8.45. The maximum absolute atomic E-state index is 11.1. The minimum atomic E-state index is -5.19. The zero-order chi connectivity index (χ0) is 21.3. The SMILES string of the molecule is NC(=O)c1cccc(NC(N)=[NH+]Cc2ccc(Br)cc2)c1.O=C([O-])C(F)(F)F. The summed E-state index contributed by atoms with van der Waals surface area (Å²) in [6.45, 7) is 0.599. The largest absolute Gasteiger partial charge is 0.542 e. The number of hydrogen-bond donors (Lipinski definition) is 4. The monoisotopic (exact) mass is 460 g/mol. The molecule has 0 fully saturated rings. The molecule has 0 aliphatic heterocycles. The number of nitrogens with one attached hydrogen (secondary N) is 2. The quantitative estimate of drug-likeness (QED) is 0.371. The molecule has 7 nitrogen and oxygen atoms in total. The normalized spacial score (nSPS) is 11.2. The molecule has 0 saturated carbocycles. The Morgan fingerprint density at radius 1 is 1.11 bits per heavy atom. The third kappa shape index (κ3) is 8.54. The Balaban J connectivity index is 0.000000480. The molecule has 2 aromatic carbocycles. The smallest absolute Gasteiger partial charge is 0.430 e. The van der Waals surface area contributed by atoms with Crippen LogP contribution in [0.2, 0.25) is 0 Å². The molecule has 2 aromatic rings. The lowest BCUT2D eigenvalue weighted by Crippen LogP contribution is -2.75. The van der Waals surface area contributed by atoms with E-state index in [4.69, 9.17) is 21.4 Å². The molecule has 0 radical (unpaired) electrons. The summed E-state index contributed by atoms with van der Waals surface area (Å²) in [5.41, 5.74) is 13.4. The lowest BCUT2D eigenvalue weighted by Gasteiger charge is -2.03. The maximum atomic E-state index is 11.1. The van der Waals surface area contributed by atoms with Crippen LogP contribution in [-0.2, 0) is 11.3 Å². The van der Waals surface area contributed by atoms with Crippen molar-refractivity contribution in [2.75, 3.05) is 5.32 Å². The Morgan fingerprint density at radius 3 is 2.18 bits per heavy atom. The zero-order valence-corrected chi connectivity index (χ0v) is 15.8. The molecule has 0 heterocycles. The van der Waals surface area contributed by atoms with Crippen LogP contribution in [0.15, 0.2) is 53.0 Å². The highest BCUT2D eigenvalue weighted by atomic mass is 79.9. The average molecular weight is 461 g/mol. The van der Waals surface area contributed by atoms with Gasteiger partial charge in [0, 0.05) is 10.0 Å². The van der Waals surface area contributed by atoms with E-state index in [-0.39, 0.29) is 0 Å². The summed E-state index contributed by atoms with van der Waals surface area (Å²) in [6.07, 6.45) is -5.19. The van der Waals surface area contributed by atoms with Gasteiger partial charge in [0.15, 0.2) is 0 Å². The van der Waals surface area contributed by atoms with Crippen LogP contribution in [0.3, 0.4) is 0 Å². The van der Waals surface area contributed by atoms with Crippen molar-refractivity contribution < 1.29 is 32.9 Å². The van der Waals surface area contributed by atoms with Crippen LogP contribution in [0.25, 0.3) is 0 Å². The average Bonchev–Trinajstić information content (AvgIpc) is 2.61. The van der Waals surface area contributed by atoms with E-state index < -0.39 is 18.1 Å². The third-order valence-electron chi connectivity index (χ3n) is 3.05. The number of nitrogens with two attached hydrogens (primary N) is 2. The molecular formula is C17H16BrF3N4O3. The summed E-state index contributed by atoms with van der Waals surface area (Å²) < 4.78 is 32.6. The molecule has 0 unspecified atom stereocenters. The van der Waals surface area contributed by atoms with Gasteiger partial charge in [-0.1, -0.05) is 34.1 Å². The predicted octanol–water partition coefficient (Wildman–Crippen LogP) is -0.146. The summed E-state index contributed by atoms with van der Waals surface area (Å²) in [4.78, 5) is 23.0. The highest BCUT2D eigenvalue weighted by Gasteiger charge is 2.28. The summed E-state index contributed by atoms with van der Waals surface area (Å²) in [6, 6.07) is 14.8. The number of carbonyl (C=O) groups is 2. The number of aliphatic carboxylic acids is 1. The number of carboxylic acid groups (broad SMARTS) is 1. The Labute approximate surface area is 166 Å². The Hall–Kier alpha value is -3.08. The molecule has 150 valence electrons. The van der Waals surface area contributed by atoms with Crippen LogP contribution in [0.4, 0.5) is 18.9 Å². The number of carboxylic acids is 1. The van der Waals surface area contributed by atoms with Gasteiger partial charge in [0.05, 0.1) is 12.2 Å². The number of guanidine groups is 1. The summed E-state index contributed by atoms with van der Waals surface area (Å²) in [5, 5.41) is 11.8. The van der Waals surface area contributed by atoms with Crippen molar-refractivity contribution in [1.29, 1.82) is 0 Å². The first kappa shape index (κ1) is 23.0. The molecule has 28 heavy (non-hydrogen) atoms. The molecule has 0 spiro atoms. The van der Waals surface area contributed by atoms with Crippen LogP contribution in [-0.4, -0.2) is 24.0 Å². The number of primary amides is 1. The highest BCUT2D eigenvalue weighted by Crippen LogP contribution is 2.12. The molecule has 0 atom stereocenters. The number of halogens is 4. The number of alkyl halides is 3. The van der Waals surface area contributed by atoms with E-state index in [2.05, 4.69) is 26.2 Å². The minimum Gasteiger partial charge on any atom is -0.542 e. The molecule has 6 N–H and O–H groups in total. The van der Waals surface area contributed by atoms with Crippen molar-refractivity contribution in [2.24, 2.45) is 11.5 Å².